The molecule has 0 unspecified atom stereocenters. The Morgan fingerprint density at radius 2 is 2.11 bits per heavy atom. The van der Waals surface area contributed by atoms with Gasteiger partial charge in [0.2, 0.25) is 0 Å². The van der Waals surface area contributed by atoms with E-state index in [9.17, 15) is 0 Å². The van der Waals surface area contributed by atoms with Crippen LogP contribution >= 0.6 is 0 Å². The molecule has 1 aromatic rings. The molecule has 2 heterocycles. The number of nitriles is 1. The van der Waals surface area contributed by atoms with Gasteiger partial charge in [0.15, 0.2) is 5.82 Å². The Morgan fingerprint density at radius 3 is 2.78 bits per heavy atom. The van der Waals surface area contributed by atoms with Crippen molar-refractivity contribution in [1.29, 1.82) is 5.26 Å². The number of nitrogens with two attached hydrogens (primary N) is 1. The second-order valence-electron chi connectivity index (χ2n) is 4.51. The summed E-state index contributed by atoms with van der Waals surface area (Å²) in [5.74, 6) is 0.897. The molecule has 1 fully saturated rings. The van der Waals surface area contributed by atoms with Crippen LogP contribution in [-0.2, 0) is 0 Å². The van der Waals surface area contributed by atoms with Crippen LogP contribution < -0.4 is 10.6 Å². The van der Waals surface area contributed by atoms with Crippen molar-refractivity contribution in [2.24, 2.45) is 0 Å². The molecule has 1 aliphatic heterocycles. The minimum absolute atomic E-state index is 0.646. The first-order chi connectivity index (χ1) is 8.81. The lowest BCUT2D eigenvalue weighted by Gasteiger charge is -2.35. The minimum atomic E-state index is 0.646. The summed E-state index contributed by atoms with van der Waals surface area (Å²) in [6.45, 7) is 4.95. The lowest BCUT2D eigenvalue weighted by atomic mass is 10.2. The molecule has 0 spiro atoms. The number of unbranched alkanes of at least 4 members (excludes halogenated alkanes) is 1. The lowest BCUT2D eigenvalue weighted by molar-refractivity contribution is 0.255. The second-order valence-corrected chi connectivity index (χ2v) is 4.51. The number of piperazine rings is 1. The van der Waals surface area contributed by atoms with Gasteiger partial charge >= 0.3 is 0 Å². The fourth-order valence-corrected chi connectivity index (χ4v) is 2.24. The summed E-state index contributed by atoms with van der Waals surface area (Å²) < 4.78 is 0. The topological polar surface area (TPSA) is 69.2 Å². The van der Waals surface area contributed by atoms with E-state index < -0.39 is 0 Å². The van der Waals surface area contributed by atoms with Gasteiger partial charge in [-0.05, 0) is 25.1 Å². The van der Waals surface area contributed by atoms with Gasteiger partial charge in [-0.15, -0.1) is 0 Å². The first-order valence-electron chi connectivity index (χ1n) is 6.36. The fraction of sp³-hybridized carbons (Fsp3) is 0.538. The predicted octanol–water partition coefficient (Wildman–Crippen LogP) is 1.09. The van der Waals surface area contributed by atoms with Gasteiger partial charge in [0.25, 0.3) is 0 Å². The summed E-state index contributed by atoms with van der Waals surface area (Å²) in [5.41, 5.74) is 6.68. The van der Waals surface area contributed by atoms with Gasteiger partial charge < -0.3 is 10.6 Å². The van der Waals surface area contributed by atoms with E-state index in [2.05, 4.69) is 20.9 Å². The van der Waals surface area contributed by atoms with Crippen LogP contribution in [0.3, 0.4) is 0 Å². The number of nitrogen functional groups attached to an aromatic ring is 1. The normalized spacial score (nSPS) is 16.5. The molecule has 0 aliphatic carbocycles. The van der Waals surface area contributed by atoms with Crippen LogP contribution in [0.15, 0.2) is 18.3 Å². The van der Waals surface area contributed by atoms with Crippen molar-refractivity contribution in [1.82, 2.24) is 9.88 Å². The fourth-order valence-electron chi connectivity index (χ4n) is 2.24. The molecule has 0 amide bonds. The largest absolute Gasteiger partial charge is 0.396 e. The molecule has 2 N–H and O–H groups in total. The van der Waals surface area contributed by atoms with Gasteiger partial charge in [-0.2, -0.15) is 5.26 Å². The average molecular weight is 245 g/mol. The van der Waals surface area contributed by atoms with Crippen molar-refractivity contribution in [3.8, 4) is 6.07 Å². The molecule has 1 aromatic heterocycles. The van der Waals surface area contributed by atoms with Gasteiger partial charge in [-0.3, -0.25) is 4.90 Å². The van der Waals surface area contributed by atoms with Crippen molar-refractivity contribution in [3.05, 3.63) is 18.3 Å². The van der Waals surface area contributed by atoms with E-state index >= 15 is 0 Å². The van der Waals surface area contributed by atoms with Crippen LogP contribution in [-0.4, -0.2) is 42.6 Å². The van der Waals surface area contributed by atoms with E-state index in [1.54, 1.807) is 6.20 Å². The number of nitrogens with zero attached hydrogens (tertiary/aromatic N) is 4. The van der Waals surface area contributed by atoms with E-state index in [-0.39, 0.29) is 0 Å². The first-order valence-corrected chi connectivity index (χ1v) is 6.36. The third-order valence-electron chi connectivity index (χ3n) is 3.25. The van der Waals surface area contributed by atoms with Crippen LogP contribution in [0.25, 0.3) is 0 Å². The van der Waals surface area contributed by atoms with Gasteiger partial charge in [-0.1, -0.05) is 0 Å². The molecule has 0 radical (unpaired) electrons. The van der Waals surface area contributed by atoms with Crippen molar-refractivity contribution in [2.45, 2.75) is 12.8 Å². The highest BCUT2D eigenvalue weighted by atomic mass is 15.3. The van der Waals surface area contributed by atoms with Crippen molar-refractivity contribution < 1.29 is 0 Å². The lowest BCUT2D eigenvalue weighted by Crippen LogP contribution is -2.47. The molecule has 5 nitrogen and oxygen atoms in total. The van der Waals surface area contributed by atoms with Crippen molar-refractivity contribution >= 4 is 11.5 Å². The number of aromatic nitrogens is 1. The smallest absolute Gasteiger partial charge is 0.151 e. The number of hydrogen-bond acceptors (Lipinski definition) is 5. The monoisotopic (exact) mass is 245 g/mol. The molecule has 1 saturated heterocycles. The standard InChI is InChI=1S/C13H19N5/c14-5-1-2-7-17-8-10-18(11-9-17)13-12(15)4-3-6-16-13/h3-4,6H,1-2,7-11,15H2. The maximum Gasteiger partial charge on any atom is 0.151 e. The zero-order valence-corrected chi connectivity index (χ0v) is 10.5. The third-order valence-corrected chi connectivity index (χ3v) is 3.25. The highest BCUT2D eigenvalue weighted by Gasteiger charge is 2.18. The van der Waals surface area contributed by atoms with Gasteiger partial charge in [0, 0.05) is 38.8 Å². The van der Waals surface area contributed by atoms with Crippen molar-refractivity contribution in [2.75, 3.05) is 43.4 Å². The van der Waals surface area contributed by atoms with E-state index in [1.807, 2.05) is 12.1 Å². The van der Waals surface area contributed by atoms with Gasteiger partial charge in [-0.25, -0.2) is 4.98 Å². The summed E-state index contributed by atoms with van der Waals surface area (Å²) in [4.78, 5) is 8.97. The Bertz CT molecular complexity index is 418. The van der Waals surface area contributed by atoms with Crippen LogP contribution in [0.2, 0.25) is 0 Å². The van der Waals surface area contributed by atoms with Gasteiger partial charge in [0.1, 0.15) is 0 Å². The average Bonchev–Trinajstić information content (AvgIpc) is 2.41. The Morgan fingerprint density at radius 1 is 1.33 bits per heavy atom. The molecule has 96 valence electrons. The number of pyridine rings is 1. The third kappa shape index (κ3) is 3.11. The van der Waals surface area contributed by atoms with Gasteiger partial charge in [0.05, 0.1) is 11.8 Å². The molecule has 1 aliphatic rings. The van der Waals surface area contributed by atoms with Crippen LogP contribution in [0, 0.1) is 11.3 Å². The van der Waals surface area contributed by atoms with E-state index in [1.165, 1.54) is 0 Å². The predicted molar refractivity (Wildman–Crippen MR) is 72.1 cm³/mol. The molecule has 0 aromatic carbocycles. The van der Waals surface area contributed by atoms with Crippen LogP contribution in [0.1, 0.15) is 12.8 Å². The highest BCUT2D eigenvalue weighted by molar-refractivity contribution is 5.62. The number of hydrogen-bond donors (Lipinski definition) is 1. The first kappa shape index (κ1) is 12.7. The maximum absolute atomic E-state index is 8.52. The molecular weight excluding hydrogens is 226 g/mol. The Kier molecular flexibility index (Phi) is 4.37. The quantitative estimate of drug-likeness (QED) is 0.804. The Labute approximate surface area is 108 Å². The molecule has 0 bridgehead atoms. The Hall–Kier alpha value is -1.80. The summed E-state index contributed by atoms with van der Waals surface area (Å²) >= 11 is 0. The van der Waals surface area contributed by atoms with Crippen molar-refractivity contribution in [3.63, 3.8) is 0 Å². The molecule has 0 saturated carbocycles. The number of anilines is 2. The van der Waals surface area contributed by atoms with E-state index in [0.717, 1.165) is 50.6 Å². The molecule has 0 atom stereocenters. The summed E-state index contributed by atoms with van der Waals surface area (Å²) in [6.07, 6.45) is 3.39. The summed E-state index contributed by atoms with van der Waals surface area (Å²) in [6, 6.07) is 5.93. The SMILES string of the molecule is N#CCCCN1CCN(c2ncccc2N)CC1. The molecular formula is C13H19N5. The highest BCUT2D eigenvalue weighted by Crippen LogP contribution is 2.20. The Balaban J connectivity index is 1.84. The van der Waals surface area contributed by atoms with E-state index in [4.69, 9.17) is 11.0 Å². The molecule has 5 heteroatoms. The number of rotatable bonds is 4. The van der Waals surface area contributed by atoms with Crippen LogP contribution in [0.4, 0.5) is 11.5 Å². The maximum atomic E-state index is 8.52. The zero-order chi connectivity index (χ0) is 12.8. The van der Waals surface area contributed by atoms with Crippen LogP contribution in [0.5, 0.6) is 0 Å². The summed E-state index contributed by atoms with van der Waals surface area (Å²) in [5, 5.41) is 8.52. The summed E-state index contributed by atoms with van der Waals surface area (Å²) in [7, 11) is 0. The minimum Gasteiger partial charge on any atom is -0.396 e. The zero-order valence-electron chi connectivity index (χ0n) is 10.5. The second kappa shape index (κ2) is 6.22. The van der Waals surface area contributed by atoms with E-state index in [0.29, 0.717) is 6.42 Å². The molecule has 2 rings (SSSR count). The molecule has 18 heavy (non-hydrogen) atoms.